The van der Waals surface area contributed by atoms with E-state index in [0.29, 0.717) is 0 Å². The van der Waals surface area contributed by atoms with E-state index in [0.717, 1.165) is 44.0 Å². The lowest BCUT2D eigenvalue weighted by atomic mass is 9.94. The van der Waals surface area contributed by atoms with Crippen LogP contribution in [0.1, 0.15) is 23.1 Å². The van der Waals surface area contributed by atoms with Gasteiger partial charge in [0.15, 0.2) is 0 Å². The zero-order chi connectivity index (χ0) is 14.3. The average molecular weight is 281 g/mol. The normalized spacial score (nSPS) is 24.3. The molecule has 108 valence electrons. The van der Waals surface area contributed by atoms with Gasteiger partial charge in [0.25, 0.3) is 0 Å². The Labute approximate surface area is 124 Å². The first-order valence-corrected chi connectivity index (χ1v) is 7.53. The van der Waals surface area contributed by atoms with Crippen molar-refractivity contribution in [3.05, 3.63) is 53.3 Å². The maximum atomic E-state index is 6.23. The van der Waals surface area contributed by atoms with Crippen LogP contribution in [0.15, 0.2) is 36.7 Å². The Morgan fingerprint density at radius 3 is 2.86 bits per heavy atom. The molecular weight excluding hydrogens is 262 g/mol. The highest BCUT2D eigenvalue weighted by molar-refractivity contribution is 5.42. The first-order chi connectivity index (χ1) is 10.3. The average Bonchev–Trinajstić information content (AvgIpc) is 2.87. The number of ether oxygens (including phenoxy) is 1. The predicted molar refractivity (Wildman–Crippen MR) is 81.4 cm³/mol. The van der Waals surface area contributed by atoms with E-state index >= 15 is 0 Å². The van der Waals surface area contributed by atoms with Gasteiger partial charge in [-0.2, -0.15) is 0 Å². The number of nitrogens with zero attached hydrogens (tertiary/aromatic N) is 3. The maximum absolute atomic E-state index is 6.23. The number of fused-ring (bicyclic) bond motifs is 2. The molecule has 1 atom stereocenters. The Morgan fingerprint density at radius 2 is 2.00 bits per heavy atom. The molecule has 2 aliphatic rings. The highest BCUT2D eigenvalue weighted by atomic mass is 16.5. The fraction of sp³-hybridized carbons (Fsp3) is 0.412. The van der Waals surface area contributed by atoms with Crippen LogP contribution in [0.25, 0.3) is 0 Å². The molecule has 1 spiro atoms. The van der Waals surface area contributed by atoms with Gasteiger partial charge >= 0.3 is 0 Å². The van der Waals surface area contributed by atoms with Gasteiger partial charge in [-0.15, -0.1) is 0 Å². The van der Waals surface area contributed by atoms with Crippen LogP contribution in [0.4, 0.5) is 5.95 Å². The molecule has 1 aliphatic heterocycles. The maximum Gasteiger partial charge on any atom is 0.225 e. The molecule has 0 saturated carbocycles. The van der Waals surface area contributed by atoms with Crippen molar-refractivity contribution in [1.29, 1.82) is 0 Å². The number of aryl methyl sites for hydroxylation is 2. The van der Waals surface area contributed by atoms with E-state index in [4.69, 9.17) is 4.74 Å². The Kier molecular flexibility index (Phi) is 2.93. The second-order valence-electron chi connectivity index (χ2n) is 5.98. The molecule has 2 heterocycles. The number of morpholine rings is 1. The van der Waals surface area contributed by atoms with Crippen molar-refractivity contribution >= 4 is 5.95 Å². The number of rotatable bonds is 1. The molecule has 4 nitrogen and oxygen atoms in total. The predicted octanol–water partition coefficient (Wildman–Crippen LogP) is 2.46. The lowest BCUT2D eigenvalue weighted by molar-refractivity contribution is -0.0596. The molecule has 4 rings (SSSR count). The Morgan fingerprint density at radius 1 is 1.19 bits per heavy atom. The summed E-state index contributed by atoms with van der Waals surface area (Å²) in [5, 5.41) is 0. The first-order valence-electron chi connectivity index (χ1n) is 7.53. The Bertz CT molecular complexity index is 651. The highest BCUT2D eigenvalue weighted by Gasteiger charge is 2.43. The van der Waals surface area contributed by atoms with E-state index in [-0.39, 0.29) is 5.60 Å². The molecule has 1 aromatic heterocycles. The second-order valence-corrected chi connectivity index (χ2v) is 5.98. The van der Waals surface area contributed by atoms with Crippen molar-refractivity contribution in [2.75, 3.05) is 24.6 Å². The first kappa shape index (κ1) is 12.8. The number of hydrogen-bond donors (Lipinski definition) is 0. The van der Waals surface area contributed by atoms with Gasteiger partial charge in [0, 0.05) is 18.9 Å². The van der Waals surface area contributed by atoms with Crippen LogP contribution >= 0.6 is 0 Å². The summed E-state index contributed by atoms with van der Waals surface area (Å²) in [6.07, 6.45) is 5.91. The number of benzene rings is 1. The van der Waals surface area contributed by atoms with Gasteiger partial charge < -0.3 is 9.64 Å². The van der Waals surface area contributed by atoms with Crippen molar-refractivity contribution in [3.63, 3.8) is 0 Å². The molecular formula is C17H19N3O. The minimum absolute atomic E-state index is 0.177. The van der Waals surface area contributed by atoms with E-state index < -0.39 is 0 Å². The number of hydrogen-bond acceptors (Lipinski definition) is 4. The molecule has 0 bridgehead atoms. The Balaban J connectivity index is 1.66. The van der Waals surface area contributed by atoms with Gasteiger partial charge in [0.05, 0.1) is 13.2 Å². The summed E-state index contributed by atoms with van der Waals surface area (Å²) in [7, 11) is 0. The SMILES string of the molecule is Cc1cnc(N2CCOC3(CCc4ccccc43)C2)nc1. The number of aromatic nitrogens is 2. The molecule has 4 heteroatoms. The highest BCUT2D eigenvalue weighted by Crippen LogP contribution is 2.42. The molecule has 0 radical (unpaired) electrons. The monoisotopic (exact) mass is 281 g/mol. The minimum Gasteiger partial charge on any atom is -0.367 e. The minimum atomic E-state index is -0.177. The van der Waals surface area contributed by atoms with Gasteiger partial charge in [-0.3, -0.25) is 0 Å². The summed E-state index contributed by atoms with van der Waals surface area (Å²) in [6.45, 7) is 4.43. The van der Waals surface area contributed by atoms with E-state index in [1.807, 2.05) is 19.3 Å². The lowest BCUT2D eigenvalue weighted by Gasteiger charge is -2.41. The van der Waals surface area contributed by atoms with Crippen LogP contribution in [0.3, 0.4) is 0 Å². The van der Waals surface area contributed by atoms with Crippen molar-refractivity contribution in [2.24, 2.45) is 0 Å². The molecule has 1 aromatic carbocycles. The molecule has 21 heavy (non-hydrogen) atoms. The van der Waals surface area contributed by atoms with Gasteiger partial charge in [-0.25, -0.2) is 9.97 Å². The van der Waals surface area contributed by atoms with Crippen LogP contribution in [0, 0.1) is 6.92 Å². The quantitative estimate of drug-likeness (QED) is 0.805. The fourth-order valence-corrected chi connectivity index (χ4v) is 3.47. The molecule has 0 N–H and O–H groups in total. The van der Waals surface area contributed by atoms with Crippen molar-refractivity contribution in [2.45, 2.75) is 25.4 Å². The van der Waals surface area contributed by atoms with E-state index in [1.54, 1.807) is 0 Å². The molecule has 1 unspecified atom stereocenters. The van der Waals surface area contributed by atoms with Crippen LogP contribution in [-0.2, 0) is 16.8 Å². The standard InChI is InChI=1S/C17H19N3O/c1-13-10-18-16(19-11-13)20-8-9-21-17(12-20)7-6-14-4-2-3-5-15(14)17/h2-5,10-11H,6-9,12H2,1H3. The van der Waals surface area contributed by atoms with Crippen LogP contribution in [-0.4, -0.2) is 29.7 Å². The third-order valence-corrected chi connectivity index (χ3v) is 4.54. The van der Waals surface area contributed by atoms with Crippen molar-refractivity contribution in [3.8, 4) is 0 Å². The van der Waals surface area contributed by atoms with Crippen molar-refractivity contribution in [1.82, 2.24) is 9.97 Å². The smallest absolute Gasteiger partial charge is 0.225 e. The number of anilines is 1. The largest absolute Gasteiger partial charge is 0.367 e. The topological polar surface area (TPSA) is 38.2 Å². The van der Waals surface area contributed by atoms with Crippen LogP contribution in [0.2, 0.25) is 0 Å². The molecule has 1 fully saturated rings. The van der Waals surface area contributed by atoms with Crippen molar-refractivity contribution < 1.29 is 4.74 Å². The van der Waals surface area contributed by atoms with Crippen LogP contribution in [0.5, 0.6) is 0 Å². The van der Waals surface area contributed by atoms with Gasteiger partial charge in [-0.1, -0.05) is 24.3 Å². The fourth-order valence-electron chi connectivity index (χ4n) is 3.47. The third-order valence-electron chi connectivity index (χ3n) is 4.54. The zero-order valence-electron chi connectivity index (χ0n) is 12.2. The third kappa shape index (κ3) is 2.10. The second kappa shape index (κ2) is 4.81. The summed E-state index contributed by atoms with van der Waals surface area (Å²) in [6, 6.07) is 8.65. The van der Waals surface area contributed by atoms with Crippen LogP contribution < -0.4 is 4.90 Å². The molecule has 1 saturated heterocycles. The summed E-state index contributed by atoms with van der Waals surface area (Å²) in [5.41, 5.74) is 3.68. The van der Waals surface area contributed by atoms with Gasteiger partial charge in [0.1, 0.15) is 5.60 Å². The summed E-state index contributed by atoms with van der Waals surface area (Å²) >= 11 is 0. The summed E-state index contributed by atoms with van der Waals surface area (Å²) in [4.78, 5) is 11.2. The zero-order valence-corrected chi connectivity index (χ0v) is 12.2. The Hall–Kier alpha value is -1.94. The van der Waals surface area contributed by atoms with E-state index in [1.165, 1.54) is 11.1 Å². The van der Waals surface area contributed by atoms with E-state index in [2.05, 4.69) is 39.1 Å². The summed E-state index contributed by atoms with van der Waals surface area (Å²) in [5.74, 6) is 0.813. The lowest BCUT2D eigenvalue weighted by Crippen LogP contribution is -2.49. The van der Waals surface area contributed by atoms with Gasteiger partial charge in [0.2, 0.25) is 5.95 Å². The molecule has 0 amide bonds. The molecule has 1 aliphatic carbocycles. The van der Waals surface area contributed by atoms with Gasteiger partial charge in [-0.05, 0) is 36.5 Å². The summed E-state index contributed by atoms with van der Waals surface area (Å²) < 4.78 is 6.23. The van der Waals surface area contributed by atoms with E-state index in [9.17, 15) is 0 Å². The molecule has 2 aromatic rings.